The third-order valence-electron chi connectivity index (χ3n) is 5.19. The number of nitrogens with two attached hydrogens (primary N) is 1. The molecule has 1 aromatic rings. The first-order chi connectivity index (χ1) is 16.8. The topological polar surface area (TPSA) is 128 Å². The number of piperidine rings is 1. The number of nitrogens with one attached hydrogen (secondary N) is 3. The third-order valence-corrected chi connectivity index (χ3v) is 5.19. The molecule has 2 rings (SSSR count). The maximum Gasteiger partial charge on any atom is 0.433 e. The van der Waals surface area contributed by atoms with Gasteiger partial charge in [0.15, 0.2) is 5.71 Å². The van der Waals surface area contributed by atoms with E-state index in [0.717, 1.165) is 6.20 Å². The van der Waals surface area contributed by atoms with E-state index in [0.29, 0.717) is 25.1 Å². The average Bonchev–Trinajstić information content (AvgIpc) is 2.80. The van der Waals surface area contributed by atoms with Crippen LogP contribution in [-0.2, 0) is 14.3 Å². The second-order valence-electron chi connectivity index (χ2n) is 9.34. The Bertz CT molecular complexity index is 974. The zero-order chi connectivity index (χ0) is 26.9. The quantitative estimate of drug-likeness (QED) is 0.184. The van der Waals surface area contributed by atoms with Crippen LogP contribution < -0.4 is 16.0 Å². The Morgan fingerprint density at radius 1 is 1.14 bits per heavy atom. The van der Waals surface area contributed by atoms with Gasteiger partial charge in [-0.05, 0) is 45.7 Å². The predicted octanol–water partition coefficient (Wildman–Crippen LogP) is 2.23. The van der Waals surface area contributed by atoms with Crippen molar-refractivity contribution in [1.82, 2.24) is 15.5 Å². The summed E-state index contributed by atoms with van der Waals surface area (Å²) in [7, 11) is 0. The number of amides is 3. The standard InChI is InChI=1S/C24H32F3N5O4/c1-23(2,3)36-22(35)32-13-7-8-16(15-32)20(33)29-11-12-30-21(34)18(19(28)24(25,26)27)14-31-17-9-5-4-6-10-17/h4-6,9-10,14,16,28,31H,7-8,11-13,15H2,1-3H3,(H,29,33)(H,30,34)/p+1/b18-14+,28-19?. The van der Waals surface area contributed by atoms with Crippen molar-refractivity contribution in [3.8, 4) is 0 Å². The van der Waals surface area contributed by atoms with Crippen LogP contribution in [0.2, 0.25) is 0 Å². The minimum atomic E-state index is -5.00. The number of benzene rings is 1. The molecule has 1 atom stereocenters. The SMILES string of the molecule is CC(C)(C)OC(=O)N1CCCC(C(=O)NCCNC(=O)/C(=C/[NH2+]c2ccccc2)C(=N)C(F)(F)F)C1. The van der Waals surface area contributed by atoms with Crippen molar-refractivity contribution in [3.63, 3.8) is 0 Å². The summed E-state index contributed by atoms with van der Waals surface area (Å²) in [6.45, 7) is 5.77. The van der Waals surface area contributed by atoms with Gasteiger partial charge >= 0.3 is 12.3 Å². The number of rotatable bonds is 8. The minimum Gasteiger partial charge on any atom is -0.444 e. The highest BCUT2D eigenvalue weighted by Crippen LogP contribution is 2.21. The fourth-order valence-electron chi connectivity index (χ4n) is 3.45. The molecule has 5 N–H and O–H groups in total. The van der Waals surface area contributed by atoms with E-state index in [1.54, 1.807) is 51.1 Å². The Labute approximate surface area is 207 Å². The number of hydrogen-bond donors (Lipinski definition) is 4. The molecule has 0 saturated carbocycles. The number of halogens is 3. The Morgan fingerprint density at radius 2 is 1.78 bits per heavy atom. The molecule has 0 radical (unpaired) electrons. The fourth-order valence-corrected chi connectivity index (χ4v) is 3.45. The van der Waals surface area contributed by atoms with Gasteiger partial charge in [0.2, 0.25) is 5.91 Å². The molecule has 1 aromatic carbocycles. The molecule has 0 spiro atoms. The van der Waals surface area contributed by atoms with Crippen LogP contribution in [0.25, 0.3) is 0 Å². The van der Waals surface area contributed by atoms with Crippen molar-refractivity contribution < 1.29 is 37.6 Å². The molecule has 9 nitrogen and oxygen atoms in total. The Morgan fingerprint density at radius 3 is 2.39 bits per heavy atom. The molecule has 1 unspecified atom stereocenters. The van der Waals surface area contributed by atoms with Gasteiger partial charge in [-0.2, -0.15) is 13.2 Å². The van der Waals surface area contributed by atoms with Crippen LogP contribution in [0, 0.1) is 11.3 Å². The maximum absolute atomic E-state index is 13.1. The molecule has 1 fully saturated rings. The lowest BCUT2D eigenvalue weighted by atomic mass is 9.97. The number of carbonyl (C=O) groups excluding carboxylic acids is 3. The highest BCUT2D eigenvalue weighted by molar-refractivity contribution is 6.22. The molecule has 12 heteroatoms. The lowest BCUT2D eigenvalue weighted by Crippen LogP contribution is -2.72. The van der Waals surface area contributed by atoms with Gasteiger partial charge < -0.3 is 20.3 Å². The van der Waals surface area contributed by atoms with Crippen molar-refractivity contribution in [1.29, 1.82) is 5.41 Å². The van der Waals surface area contributed by atoms with Crippen LogP contribution in [0.1, 0.15) is 33.6 Å². The average molecular weight is 513 g/mol. The van der Waals surface area contributed by atoms with Crippen molar-refractivity contribution in [2.45, 2.75) is 45.4 Å². The van der Waals surface area contributed by atoms with Crippen LogP contribution >= 0.6 is 0 Å². The number of quaternary nitrogens is 1. The number of likely N-dealkylation sites (tertiary alicyclic amines) is 1. The summed E-state index contributed by atoms with van der Waals surface area (Å²) in [5, 5.41) is 13.7. The lowest BCUT2D eigenvalue weighted by Gasteiger charge is -2.33. The summed E-state index contributed by atoms with van der Waals surface area (Å²) >= 11 is 0. The number of para-hydroxylation sites is 1. The number of ether oxygens (including phenoxy) is 1. The minimum absolute atomic E-state index is 0.0253. The zero-order valence-electron chi connectivity index (χ0n) is 20.6. The van der Waals surface area contributed by atoms with Gasteiger partial charge in [0.05, 0.1) is 5.92 Å². The van der Waals surface area contributed by atoms with E-state index in [2.05, 4.69) is 10.6 Å². The van der Waals surface area contributed by atoms with Crippen LogP contribution in [0.15, 0.2) is 42.1 Å². The number of alkyl halides is 3. The van der Waals surface area contributed by atoms with E-state index < -0.39 is 41.0 Å². The van der Waals surface area contributed by atoms with Gasteiger partial charge in [0.1, 0.15) is 23.1 Å². The first kappa shape index (κ1) is 28.8. The second kappa shape index (κ2) is 12.5. The van der Waals surface area contributed by atoms with Crippen LogP contribution in [-0.4, -0.2) is 66.5 Å². The monoisotopic (exact) mass is 512 g/mol. The third kappa shape index (κ3) is 9.33. The first-order valence-corrected chi connectivity index (χ1v) is 11.6. The van der Waals surface area contributed by atoms with Gasteiger partial charge in [0, 0.05) is 26.2 Å². The molecule has 3 amide bonds. The molecule has 1 saturated heterocycles. The van der Waals surface area contributed by atoms with Crippen molar-refractivity contribution in [2.24, 2.45) is 5.92 Å². The van der Waals surface area contributed by atoms with Crippen molar-refractivity contribution in [2.75, 3.05) is 26.2 Å². The van der Waals surface area contributed by atoms with Gasteiger partial charge in [-0.15, -0.1) is 0 Å². The highest BCUT2D eigenvalue weighted by Gasteiger charge is 2.40. The van der Waals surface area contributed by atoms with Gasteiger partial charge in [-0.3, -0.25) is 20.3 Å². The van der Waals surface area contributed by atoms with Crippen LogP contribution in [0.3, 0.4) is 0 Å². The summed E-state index contributed by atoms with van der Waals surface area (Å²) < 4.78 is 44.7. The van der Waals surface area contributed by atoms with E-state index in [4.69, 9.17) is 10.1 Å². The molecule has 1 aliphatic rings. The predicted molar refractivity (Wildman–Crippen MR) is 126 cm³/mol. The Balaban J connectivity index is 1.88. The number of carbonyl (C=O) groups is 3. The number of hydrogen-bond acceptors (Lipinski definition) is 5. The maximum atomic E-state index is 13.1. The Hall–Kier alpha value is -3.41. The van der Waals surface area contributed by atoms with E-state index >= 15 is 0 Å². The summed E-state index contributed by atoms with van der Waals surface area (Å²) in [5.74, 6) is -1.86. The molecule has 198 valence electrons. The summed E-state index contributed by atoms with van der Waals surface area (Å²) in [6, 6.07) is 8.41. The molecule has 0 bridgehead atoms. The molecule has 0 aromatic heterocycles. The molecular weight excluding hydrogens is 479 g/mol. The second-order valence-corrected chi connectivity index (χ2v) is 9.34. The highest BCUT2D eigenvalue weighted by atomic mass is 19.4. The van der Waals surface area contributed by atoms with Crippen LogP contribution in [0.4, 0.5) is 23.7 Å². The first-order valence-electron chi connectivity index (χ1n) is 11.6. The number of nitrogens with zero attached hydrogens (tertiary/aromatic N) is 1. The van der Waals surface area contributed by atoms with E-state index in [-0.39, 0.29) is 25.5 Å². The van der Waals surface area contributed by atoms with Gasteiger partial charge in [-0.1, -0.05) is 18.2 Å². The largest absolute Gasteiger partial charge is 0.444 e. The van der Waals surface area contributed by atoms with Gasteiger partial charge in [0.25, 0.3) is 5.91 Å². The molecular formula is C24H33F3N5O4+. The van der Waals surface area contributed by atoms with E-state index in [1.165, 1.54) is 10.2 Å². The fraction of sp³-hybridized carbons (Fsp3) is 0.500. The molecule has 36 heavy (non-hydrogen) atoms. The van der Waals surface area contributed by atoms with Crippen molar-refractivity contribution in [3.05, 3.63) is 42.1 Å². The normalized spacial score (nSPS) is 16.8. The summed E-state index contributed by atoms with van der Waals surface area (Å²) in [5.41, 5.74) is -2.68. The molecule has 1 heterocycles. The Kier molecular flexibility index (Phi) is 10.0. The van der Waals surface area contributed by atoms with Gasteiger partial charge in [-0.25, -0.2) is 4.79 Å². The smallest absolute Gasteiger partial charge is 0.433 e. The zero-order valence-corrected chi connectivity index (χ0v) is 20.6. The molecule has 1 aliphatic heterocycles. The van der Waals surface area contributed by atoms with Crippen molar-refractivity contribution >= 4 is 29.3 Å². The van der Waals surface area contributed by atoms with E-state index in [1.807, 2.05) is 0 Å². The molecule has 0 aliphatic carbocycles. The lowest BCUT2D eigenvalue weighted by molar-refractivity contribution is -0.496. The summed E-state index contributed by atoms with van der Waals surface area (Å²) in [4.78, 5) is 38.7. The van der Waals surface area contributed by atoms with Crippen LogP contribution in [0.5, 0.6) is 0 Å². The van der Waals surface area contributed by atoms with E-state index in [9.17, 15) is 27.6 Å². The summed E-state index contributed by atoms with van der Waals surface area (Å²) in [6.07, 6.45) is -3.34.